The minimum atomic E-state index is -4.49. The minimum absolute atomic E-state index is 0. The van der Waals surface area contributed by atoms with Gasteiger partial charge in [0.05, 0.1) is 0 Å². The quantitative estimate of drug-likeness (QED) is 0.722. The van der Waals surface area contributed by atoms with Gasteiger partial charge in [-0.15, -0.1) is 17.0 Å². The molecule has 0 saturated heterocycles. The van der Waals surface area contributed by atoms with Crippen LogP contribution in [-0.2, 0) is 6.18 Å². The van der Waals surface area contributed by atoms with E-state index in [4.69, 9.17) is 0 Å². The summed E-state index contributed by atoms with van der Waals surface area (Å²) in [5, 5.41) is 0. The molecule has 0 N–H and O–H groups in total. The van der Waals surface area contributed by atoms with Crippen LogP contribution in [-0.4, -0.2) is 11.3 Å². The van der Waals surface area contributed by atoms with E-state index in [0.717, 1.165) is 6.20 Å². The largest absolute Gasteiger partial charge is 0.433 e. The number of aromatic nitrogens is 1. The number of rotatable bonds is 1. The third-order valence-corrected chi connectivity index (χ3v) is 1.21. The molecule has 1 aromatic heterocycles. The van der Waals surface area contributed by atoms with E-state index in [9.17, 15) is 18.0 Å². The van der Waals surface area contributed by atoms with Gasteiger partial charge in [-0.3, -0.25) is 9.78 Å². The Hall–Kier alpha value is -0.910. The van der Waals surface area contributed by atoms with Gasteiger partial charge in [-0.2, -0.15) is 13.2 Å². The molecular weight excluding hydrogens is 251 g/mol. The van der Waals surface area contributed by atoms with E-state index in [0.29, 0.717) is 12.4 Å². The molecule has 0 saturated carbocycles. The zero-order valence-corrected chi connectivity index (χ0v) is 7.92. The molecule has 2 nitrogen and oxygen atoms in total. The van der Waals surface area contributed by atoms with Gasteiger partial charge in [-0.05, 0) is 12.1 Å². The van der Waals surface area contributed by atoms with Crippen molar-refractivity contribution in [3.05, 3.63) is 29.6 Å². The molecule has 0 fully saturated rings. The van der Waals surface area contributed by atoms with Crippen LogP contribution in [0.4, 0.5) is 13.2 Å². The van der Waals surface area contributed by atoms with Gasteiger partial charge in [-0.1, -0.05) is 0 Å². The number of pyridine rings is 1. The molecule has 1 aromatic rings. The van der Waals surface area contributed by atoms with E-state index in [-0.39, 0.29) is 22.5 Å². The fraction of sp³-hybridized carbons (Fsp3) is 0.143. The second kappa shape index (κ2) is 4.36. The maximum atomic E-state index is 11.9. The molecule has 6 heteroatoms. The number of carbonyl (C=O) groups is 1. The Balaban J connectivity index is 0.00000144. The minimum Gasteiger partial charge on any atom is -0.298 e. The van der Waals surface area contributed by atoms with Gasteiger partial charge in [0.25, 0.3) is 0 Å². The van der Waals surface area contributed by atoms with Crippen LogP contribution in [0.15, 0.2) is 18.3 Å². The summed E-state index contributed by atoms with van der Waals surface area (Å²) in [6.07, 6.45) is -3.19. The fourth-order valence-corrected chi connectivity index (χ4v) is 0.675. The molecule has 0 aliphatic carbocycles. The molecule has 0 aromatic carbocycles. The van der Waals surface area contributed by atoms with E-state index < -0.39 is 11.9 Å². The predicted molar refractivity (Wildman–Crippen MR) is 44.9 cm³/mol. The number of hydrogen-bond donors (Lipinski definition) is 0. The third kappa shape index (κ3) is 3.14. The molecular formula is C7H5BrF3NO. The highest BCUT2D eigenvalue weighted by Crippen LogP contribution is 2.27. The second-order valence-electron chi connectivity index (χ2n) is 2.09. The lowest BCUT2D eigenvalue weighted by molar-refractivity contribution is -0.141. The van der Waals surface area contributed by atoms with E-state index in [1.165, 1.54) is 6.07 Å². The number of carbonyl (C=O) groups excluding carboxylic acids is 1. The van der Waals surface area contributed by atoms with Crippen molar-refractivity contribution in [1.29, 1.82) is 0 Å². The standard InChI is InChI=1S/C7H4F3NO.BrH/c8-7(9,10)6-3-5(4-12)1-2-11-6;/h1-4H;1H. The molecule has 0 aliphatic rings. The van der Waals surface area contributed by atoms with Crippen molar-refractivity contribution in [2.24, 2.45) is 0 Å². The summed E-state index contributed by atoms with van der Waals surface area (Å²) >= 11 is 0. The maximum absolute atomic E-state index is 11.9. The Morgan fingerprint density at radius 1 is 1.38 bits per heavy atom. The molecule has 0 spiro atoms. The Morgan fingerprint density at radius 2 is 2.00 bits per heavy atom. The predicted octanol–water partition coefficient (Wildman–Crippen LogP) is 2.49. The Kier molecular flexibility index (Phi) is 4.06. The van der Waals surface area contributed by atoms with Gasteiger partial charge in [0.1, 0.15) is 12.0 Å². The van der Waals surface area contributed by atoms with Crippen molar-refractivity contribution >= 4 is 23.3 Å². The van der Waals surface area contributed by atoms with E-state index >= 15 is 0 Å². The van der Waals surface area contributed by atoms with Crippen LogP contribution in [0.2, 0.25) is 0 Å². The summed E-state index contributed by atoms with van der Waals surface area (Å²) in [4.78, 5) is 13.2. The lowest BCUT2D eigenvalue weighted by atomic mass is 10.2. The Labute approximate surface area is 82.6 Å². The molecule has 0 unspecified atom stereocenters. The van der Waals surface area contributed by atoms with Crippen LogP contribution in [0.1, 0.15) is 16.1 Å². The first-order valence-electron chi connectivity index (χ1n) is 3.02. The molecule has 1 heterocycles. The zero-order chi connectivity index (χ0) is 9.19. The molecule has 0 amide bonds. The maximum Gasteiger partial charge on any atom is 0.433 e. The van der Waals surface area contributed by atoms with Gasteiger partial charge in [-0.25, -0.2) is 0 Å². The number of alkyl halides is 3. The molecule has 0 bridgehead atoms. The topological polar surface area (TPSA) is 30.0 Å². The first-order valence-corrected chi connectivity index (χ1v) is 3.02. The van der Waals surface area contributed by atoms with Gasteiger partial charge in [0, 0.05) is 11.8 Å². The number of aldehydes is 1. The van der Waals surface area contributed by atoms with Gasteiger partial charge >= 0.3 is 6.18 Å². The number of halogens is 4. The molecule has 13 heavy (non-hydrogen) atoms. The van der Waals surface area contributed by atoms with Crippen LogP contribution in [0, 0.1) is 0 Å². The van der Waals surface area contributed by atoms with Crippen molar-refractivity contribution in [2.45, 2.75) is 6.18 Å². The normalized spacial score (nSPS) is 10.4. The van der Waals surface area contributed by atoms with Crippen LogP contribution < -0.4 is 0 Å². The van der Waals surface area contributed by atoms with Gasteiger partial charge in [0.2, 0.25) is 0 Å². The number of hydrogen-bond acceptors (Lipinski definition) is 2. The third-order valence-electron chi connectivity index (χ3n) is 1.21. The van der Waals surface area contributed by atoms with Gasteiger partial charge < -0.3 is 0 Å². The van der Waals surface area contributed by atoms with E-state index in [1.807, 2.05) is 0 Å². The number of nitrogens with zero attached hydrogens (tertiary/aromatic N) is 1. The summed E-state index contributed by atoms with van der Waals surface area (Å²) in [6, 6.07) is 1.91. The molecule has 0 radical (unpaired) electrons. The smallest absolute Gasteiger partial charge is 0.298 e. The van der Waals surface area contributed by atoms with Gasteiger partial charge in [0.15, 0.2) is 0 Å². The molecule has 1 rings (SSSR count). The highest BCUT2D eigenvalue weighted by atomic mass is 79.9. The lowest BCUT2D eigenvalue weighted by Gasteiger charge is -2.04. The van der Waals surface area contributed by atoms with Crippen molar-refractivity contribution in [3.8, 4) is 0 Å². The van der Waals surface area contributed by atoms with Crippen LogP contribution in [0.5, 0.6) is 0 Å². The SMILES string of the molecule is Br.O=Cc1ccnc(C(F)(F)F)c1. The van der Waals surface area contributed by atoms with E-state index in [2.05, 4.69) is 4.98 Å². The summed E-state index contributed by atoms with van der Waals surface area (Å²) in [5.74, 6) is 0. The van der Waals surface area contributed by atoms with Crippen molar-refractivity contribution in [3.63, 3.8) is 0 Å². The summed E-state index contributed by atoms with van der Waals surface area (Å²) in [5.41, 5.74) is -1.08. The highest BCUT2D eigenvalue weighted by molar-refractivity contribution is 8.93. The second-order valence-corrected chi connectivity index (χ2v) is 2.09. The van der Waals surface area contributed by atoms with Crippen LogP contribution in [0.25, 0.3) is 0 Å². The fourth-order valence-electron chi connectivity index (χ4n) is 0.675. The zero-order valence-electron chi connectivity index (χ0n) is 6.21. The van der Waals surface area contributed by atoms with Crippen molar-refractivity contribution < 1.29 is 18.0 Å². The Bertz CT molecular complexity index is 300. The summed E-state index contributed by atoms with van der Waals surface area (Å²) in [6.45, 7) is 0. The summed E-state index contributed by atoms with van der Waals surface area (Å²) < 4.78 is 35.8. The summed E-state index contributed by atoms with van der Waals surface area (Å²) in [7, 11) is 0. The lowest BCUT2D eigenvalue weighted by Crippen LogP contribution is -2.07. The average molecular weight is 256 g/mol. The molecule has 0 aliphatic heterocycles. The van der Waals surface area contributed by atoms with Crippen LogP contribution in [0.3, 0.4) is 0 Å². The van der Waals surface area contributed by atoms with Crippen molar-refractivity contribution in [2.75, 3.05) is 0 Å². The first-order chi connectivity index (χ1) is 5.54. The Morgan fingerprint density at radius 3 is 2.46 bits per heavy atom. The highest BCUT2D eigenvalue weighted by Gasteiger charge is 2.32. The monoisotopic (exact) mass is 255 g/mol. The molecule has 72 valence electrons. The molecule has 0 atom stereocenters. The van der Waals surface area contributed by atoms with Crippen LogP contribution >= 0.6 is 17.0 Å². The van der Waals surface area contributed by atoms with Crippen molar-refractivity contribution in [1.82, 2.24) is 4.98 Å². The first kappa shape index (κ1) is 12.1. The average Bonchev–Trinajstić information content (AvgIpc) is 2.03. The van der Waals surface area contributed by atoms with E-state index in [1.54, 1.807) is 0 Å².